The molecule has 1 aromatic rings. The number of carbonyl (C=O) groups excluding carboxylic acids is 1. The predicted molar refractivity (Wildman–Crippen MR) is 76.3 cm³/mol. The number of rotatable bonds is 2. The van der Waals surface area contributed by atoms with Crippen LogP contribution in [0.1, 0.15) is 28.8 Å². The van der Waals surface area contributed by atoms with Crippen LogP contribution in [0.3, 0.4) is 0 Å². The van der Waals surface area contributed by atoms with E-state index < -0.39 is 11.6 Å². The van der Waals surface area contributed by atoms with Crippen LogP contribution < -0.4 is 5.32 Å². The molecule has 3 nitrogen and oxygen atoms in total. The Morgan fingerprint density at radius 1 is 1.25 bits per heavy atom. The highest BCUT2D eigenvalue weighted by molar-refractivity contribution is 5.94. The predicted octanol–water partition coefficient (Wildman–Crippen LogP) is 2.52. The van der Waals surface area contributed by atoms with Crippen LogP contribution in [0.4, 0.5) is 8.78 Å². The van der Waals surface area contributed by atoms with Gasteiger partial charge in [0.05, 0.1) is 5.56 Å². The van der Waals surface area contributed by atoms with E-state index in [-0.39, 0.29) is 35.5 Å². The van der Waals surface area contributed by atoms with Crippen LogP contribution in [0, 0.1) is 18.6 Å². The molecule has 20 heavy (non-hydrogen) atoms. The van der Waals surface area contributed by atoms with Crippen LogP contribution in [0.2, 0.25) is 0 Å². The lowest BCUT2D eigenvalue weighted by molar-refractivity contribution is 0.0698. The molecule has 112 valence electrons. The number of aryl methyl sites for hydroxylation is 1. The van der Waals surface area contributed by atoms with Crippen LogP contribution in [0.5, 0.6) is 0 Å². The third-order valence-electron chi connectivity index (χ3n) is 3.66. The topological polar surface area (TPSA) is 32.3 Å². The lowest BCUT2D eigenvalue weighted by Crippen LogP contribution is -2.44. The van der Waals surface area contributed by atoms with E-state index >= 15 is 0 Å². The van der Waals surface area contributed by atoms with E-state index in [2.05, 4.69) is 5.32 Å². The van der Waals surface area contributed by atoms with Crippen molar-refractivity contribution in [2.75, 3.05) is 20.1 Å². The molecule has 1 N–H and O–H groups in total. The molecule has 2 rings (SSSR count). The molecule has 0 bridgehead atoms. The monoisotopic (exact) mass is 304 g/mol. The van der Waals surface area contributed by atoms with Crippen LogP contribution in [0.15, 0.2) is 12.1 Å². The first-order valence-electron chi connectivity index (χ1n) is 6.44. The molecule has 1 amide bonds. The minimum absolute atomic E-state index is 0. The molecular formula is C14H19ClF2N2O. The number of hydrogen-bond donors (Lipinski definition) is 1. The lowest BCUT2D eigenvalue weighted by atomic mass is 10.0. The van der Waals surface area contributed by atoms with Crippen molar-refractivity contribution in [1.29, 1.82) is 0 Å². The summed E-state index contributed by atoms with van der Waals surface area (Å²) < 4.78 is 26.9. The Balaban J connectivity index is 0.00000200. The van der Waals surface area contributed by atoms with Crippen LogP contribution in [0.25, 0.3) is 0 Å². The van der Waals surface area contributed by atoms with Crippen molar-refractivity contribution in [3.05, 3.63) is 34.9 Å². The molecule has 6 heteroatoms. The Hall–Kier alpha value is -1.20. The van der Waals surface area contributed by atoms with Crippen molar-refractivity contribution in [3.63, 3.8) is 0 Å². The molecule has 1 aliphatic rings. The summed E-state index contributed by atoms with van der Waals surface area (Å²) in [6.45, 7) is 3.23. The highest BCUT2D eigenvalue weighted by atomic mass is 35.5. The van der Waals surface area contributed by atoms with Crippen LogP contribution in [-0.2, 0) is 0 Å². The number of benzene rings is 1. The summed E-state index contributed by atoms with van der Waals surface area (Å²) >= 11 is 0. The number of hydrogen-bond acceptors (Lipinski definition) is 2. The number of carbonyl (C=O) groups is 1. The Morgan fingerprint density at radius 2 is 1.85 bits per heavy atom. The maximum atomic E-state index is 13.7. The zero-order valence-electron chi connectivity index (χ0n) is 11.6. The largest absolute Gasteiger partial charge is 0.339 e. The van der Waals surface area contributed by atoms with Gasteiger partial charge in [-0.05, 0) is 44.5 Å². The highest BCUT2D eigenvalue weighted by Crippen LogP contribution is 2.18. The maximum Gasteiger partial charge on any atom is 0.256 e. The minimum Gasteiger partial charge on any atom is -0.339 e. The number of nitrogens with zero attached hydrogens (tertiary/aromatic N) is 1. The Kier molecular flexibility index (Phi) is 5.89. The van der Waals surface area contributed by atoms with Gasteiger partial charge in [0.1, 0.15) is 11.6 Å². The summed E-state index contributed by atoms with van der Waals surface area (Å²) in [6, 6.07) is 2.17. The molecule has 1 saturated heterocycles. The van der Waals surface area contributed by atoms with E-state index in [1.165, 1.54) is 13.0 Å². The molecule has 0 spiro atoms. The average molecular weight is 305 g/mol. The average Bonchev–Trinajstić information content (AvgIpc) is 2.42. The molecule has 0 unspecified atom stereocenters. The zero-order valence-corrected chi connectivity index (χ0v) is 12.4. The van der Waals surface area contributed by atoms with Crippen molar-refractivity contribution in [3.8, 4) is 0 Å². The number of nitrogens with one attached hydrogen (secondary N) is 1. The van der Waals surface area contributed by atoms with Gasteiger partial charge in [-0.2, -0.15) is 0 Å². The third kappa shape index (κ3) is 3.46. The molecule has 0 atom stereocenters. The van der Waals surface area contributed by atoms with Gasteiger partial charge in [-0.1, -0.05) is 0 Å². The van der Waals surface area contributed by atoms with Crippen LogP contribution >= 0.6 is 12.4 Å². The van der Waals surface area contributed by atoms with E-state index in [0.29, 0.717) is 0 Å². The van der Waals surface area contributed by atoms with Gasteiger partial charge in [0.25, 0.3) is 5.91 Å². The van der Waals surface area contributed by atoms with Crippen LogP contribution in [-0.4, -0.2) is 37.0 Å². The normalized spacial score (nSPS) is 15.6. The second kappa shape index (κ2) is 6.99. The molecule has 0 aromatic heterocycles. The Labute approximate surface area is 123 Å². The fourth-order valence-corrected chi connectivity index (χ4v) is 2.37. The molecule has 0 aliphatic carbocycles. The van der Waals surface area contributed by atoms with Gasteiger partial charge < -0.3 is 10.2 Å². The second-order valence-electron chi connectivity index (χ2n) is 4.98. The molecule has 1 fully saturated rings. The molecule has 1 aromatic carbocycles. The number of piperidine rings is 1. The third-order valence-corrected chi connectivity index (χ3v) is 3.66. The fraction of sp³-hybridized carbons (Fsp3) is 0.500. The minimum atomic E-state index is -0.797. The molecule has 0 radical (unpaired) electrons. The SMILES string of the molecule is Cc1cc(C(=O)N(C)C2CCNCC2)c(F)cc1F.Cl. The Bertz CT molecular complexity index is 490. The summed E-state index contributed by atoms with van der Waals surface area (Å²) in [5.41, 5.74) is 0.225. The fourth-order valence-electron chi connectivity index (χ4n) is 2.37. The standard InChI is InChI=1S/C14H18F2N2O.ClH/c1-9-7-11(13(16)8-12(9)15)14(19)18(2)10-3-5-17-6-4-10;/h7-8,10,17H,3-6H2,1-2H3;1H. The van der Waals surface area contributed by atoms with Gasteiger partial charge in [0.2, 0.25) is 0 Å². The van der Waals surface area contributed by atoms with Crippen molar-refractivity contribution in [2.45, 2.75) is 25.8 Å². The van der Waals surface area contributed by atoms with Gasteiger partial charge in [-0.15, -0.1) is 12.4 Å². The van der Waals surface area contributed by atoms with E-state index in [0.717, 1.165) is 32.0 Å². The van der Waals surface area contributed by atoms with Crippen molar-refractivity contribution in [1.82, 2.24) is 10.2 Å². The van der Waals surface area contributed by atoms with E-state index in [1.807, 2.05) is 0 Å². The first kappa shape index (κ1) is 16.9. The summed E-state index contributed by atoms with van der Waals surface area (Å²) in [5, 5.41) is 3.21. The van der Waals surface area contributed by atoms with Gasteiger partial charge >= 0.3 is 0 Å². The second-order valence-corrected chi connectivity index (χ2v) is 4.98. The quantitative estimate of drug-likeness (QED) is 0.910. The van der Waals surface area contributed by atoms with E-state index in [9.17, 15) is 13.6 Å². The van der Waals surface area contributed by atoms with Crippen molar-refractivity contribution >= 4 is 18.3 Å². The van der Waals surface area contributed by atoms with Crippen molar-refractivity contribution in [2.24, 2.45) is 0 Å². The molecule has 0 saturated carbocycles. The van der Waals surface area contributed by atoms with E-state index in [1.54, 1.807) is 11.9 Å². The molecule has 1 heterocycles. The zero-order chi connectivity index (χ0) is 14.0. The first-order chi connectivity index (χ1) is 9.00. The van der Waals surface area contributed by atoms with E-state index in [4.69, 9.17) is 0 Å². The summed E-state index contributed by atoms with van der Waals surface area (Å²) in [5.74, 6) is -1.81. The van der Waals surface area contributed by atoms with Gasteiger partial charge in [0.15, 0.2) is 0 Å². The number of amides is 1. The van der Waals surface area contributed by atoms with Crippen molar-refractivity contribution < 1.29 is 13.6 Å². The summed E-state index contributed by atoms with van der Waals surface area (Å²) in [6.07, 6.45) is 1.70. The summed E-state index contributed by atoms with van der Waals surface area (Å²) in [4.78, 5) is 13.8. The molecular weight excluding hydrogens is 286 g/mol. The molecule has 1 aliphatic heterocycles. The lowest BCUT2D eigenvalue weighted by Gasteiger charge is -2.31. The Morgan fingerprint density at radius 3 is 2.45 bits per heavy atom. The summed E-state index contributed by atoms with van der Waals surface area (Å²) in [7, 11) is 1.68. The number of halogens is 3. The maximum absolute atomic E-state index is 13.7. The first-order valence-corrected chi connectivity index (χ1v) is 6.44. The van der Waals surface area contributed by atoms with Gasteiger partial charge in [-0.25, -0.2) is 8.78 Å². The van der Waals surface area contributed by atoms with Gasteiger partial charge in [0, 0.05) is 19.2 Å². The highest BCUT2D eigenvalue weighted by Gasteiger charge is 2.25. The van der Waals surface area contributed by atoms with Gasteiger partial charge in [-0.3, -0.25) is 4.79 Å². The smallest absolute Gasteiger partial charge is 0.256 e.